The summed E-state index contributed by atoms with van der Waals surface area (Å²) in [6.45, 7) is 11.8. The number of aromatic nitrogens is 4. The summed E-state index contributed by atoms with van der Waals surface area (Å²) in [4.78, 5) is 75.3. The number of nitrogens with zero attached hydrogens (tertiary/aromatic N) is 8. The third kappa shape index (κ3) is 8.40. The molecule has 18 nitrogen and oxygen atoms in total. The van der Waals surface area contributed by atoms with Gasteiger partial charge in [0, 0.05) is 77.6 Å². The van der Waals surface area contributed by atoms with Crippen molar-refractivity contribution in [3.8, 4) is 34.6 Å². The summed E-state index contributed by atoms with van der Waals surface area (Å²) in [5, 5.41) is 25.4. The number of nitrogen functional groups attached to an aromatic ring is 1. The standard InChI is InChI=1S/C60H55ClF4N10O8S/c1-6-60(80)37-17-43-49-35(23-75(43)55(77)36(37)24-81-56(60)78)47-41(11-9-31-28(4)40(64)18-42(68-49)46(31)47)69-58(79)83-29(5)27(3)54(76)72-14-15-74(26(2)21-72)53-33-16-38(61)45(32-8-10-39(63)51-44(32)34(20-66)52(67)84-51)48(65)50(33)70-57(71-53)82-25-59-12-7-13-73(59)22-30(62)19-59/h8,10,16-18,26,29-30,41,80H,3,6-7,9,11-15,19,21-25,67H2,1-2,4-5H3,(H,69,79)/t26-,29-,30+,41-,59-,60-/m0/s1. The Kier molecular flexibility index (Phi) is 13.3. The number of halogens is 5. The summed E-state index contributed by atoms with van der Waals surface area (Å²) < 4.78 is 82.3. The average Bonchev–Trinajstić information content (AvgIpc) is 1.70. The second-order valence-electron chi connectivity index (χ2n) is 22.8. The molecular weight excluding hydrogens is 1130 g/mol. The molecule has 5 aliphatic heterocycles. The summed E-state index contributed by atoms with van der Waals surface area (Å²) in [5.41, 5.74) is 6.26. The highest BCUT2D eigenvalue weighted by molar-refractivity contribution is 7.23. The van der Waals surface area contributed by atoms with Crippen LogP contribution in [-0.2, 0) is 44.2 Å². The Morgan fingerprint density at radius 2 is 1.88 bits per heavy atom. The van der Waals surface area contributed by atoms with Crippen molar-refractivity contribution < 1.29 is 51.3 Å². The first-order valence-electron chi connectivity index (χ1n) is 27.8. The van der Waals surface area contributed by atoms with Gasteiger partial charge in [0.25, 0.3) is 11.5 Å². The highest BCUT2D eigenvalue weighted by Gasteiger charge is 2.50. The number of carbonyl (C=O) groups excluding carboxylic acids is 3. The van der Waals surface area contributed by atoms with Gasteiger partial charge in [-0.05, 0) is 99.9 Å². The van der Waals surface area contributed by atoms with Crippen molar-refractivity contribution in [2.75, 3.05) is 50.0 Å². The minimum Gasteiger partial charge on any atom is -0.461 e. The summed E-state index contributed by atoms with van der Waals surface area (Å²) >= 11 is 7.87. The predicted octanol–water partition coefficient (Wildman–Crippen LogP) is 9.09. The van der Waals surface area contributed by atoms with Gasteiger partial charge in [0.2, 0.25) is 0 Å². The van der Waals surface area contributed by atoms with E-state index in [4.69, 9.17) is 41.5 Å². The SMILES string of the molecule is C=C(C(=O)N1CCN(c2nc(OC[C@@]34CCCN3C[C@H](F)C4)nc3c(F)c(-c4ccc(F)c5sc(N)c(C#N)c45)c(Cl)cc23)[C@@H](C)C1)[C@H](C)OC(=O)N[C@H]1CCc2c(C)c(F)cc3nc4c(c1c23)Cn1c-4cc2c(c1=O)COC(=O)[C@]2(O)CC. The number of esters is 1. The number of anilines is 2. The van der Waals surface area contributed by atoms with Crippen LogP contribution in [0.1, 0.15) is 97.9 Å². The molecule has 1 aliphatic carbocycles. The van der Waals surface area contributed by atoms with Gasteiger partial charge in [-0.2, -0.15) is 15.2 Å². The number of nitriles is 1. The van der Waals surface area contributed by atoms with Crippen molar-refractivity contribution in [1.82, 2.24) is 34.6 Å². The van der Waals surface area contributed by atoms with E-state index in [2.05, 4.69) is 21.8 Å². The summed E-state index contributed by atoms with van der Waals surface area (Å²) in [7, 11) is 0. The number of piperazine rings is 1. The first kappa shape index (κ1) is 55.3. The summed E-state index contributed by atoms with van der Waals surface area (Å²) in [6, 6.07) is 7.48. The maximum atomic E-state index is 17.6. The van der Waals surface area contributed by atoms with Gasteiger partial charge in [-0.25, -0.2) is 32.1 Å². The van der Waals surface area contributed by atoms with Gasteiger partial charge in [-0.3, -0.25) is 14.5 Å². The number of amides is 2. The van der Waals surface area contributed by atoms with Crippen LogP contribution in [0.4, 0.5) is 33.2 Å². The van der Waals surface area contributed by atoms with Crippen LogP contribution in [0, 0.1) is 35.7 Å². The number of rotatable bonds is 10. The molecule has 0 radical (unpaired) electrons. The largest absolute Gasteiger partial charge is 0.461 e. The van der Waals surface area contributed by atoms with Gasteiger partial charge in [0.1, 0.15) is 59.5 Å². The van der Waals surface area contributed by atoms with E-state index >= 15 is 13.2 Å². The number of cyclic esters (lactones) is 1. The fourth-order valence-electron chi connectivity index (χ4n) is 13.8. The van der Waals surface area contributed by atoms with Crippen molar-refractivity contribution in [2.24, 2.45) is 0 Å². The van der Waals surface area contributed by atoms with E-state index in [1.54, 1.807) is 24.8 Å². The first-order valence-corrected chi connectivity index (χ1v) is 29.0. The Balaban J connectivity index is 0.759. The minimum absolute atomic E-state index is 0.0248. The first-order chi connectivity index (χ1) is 40.1. The molecule has 6 atom stereocenters. The van der Waals surface area contributed by atoms with Gasteiger partial charge < -0.3 is 44.7 Å². The fraction of sp³-hybridized carbons (Fsp3) is 0.400. The highest BCUT2D eigenvalue weighted by Crippen LogP contribution is 2.49. The smallest absolute Gasteiger partial charge is 0.408 e. The zero-order chi connectivity index (χ0) is 59.2. The molecule has 2 amide bonds. The Labute approximate surface area is 486 Å². The number of aryl methyl sites for hydroxylation is 1. The molecule has 434 valence electrons. The Morgan fingerprint density at radius 1 is 1.08 bits per heavy atom. The average molecular weight is 1190 g/mol. The number of thiophene rings is 1. The number of carbonyl (C=O) groups is 3. The lowest BCUT2D eigenvalue weighted by atomic mass is 9.81. The van der Waals surface area contributed by atoms with Crippen LogP contribution in [-0.4, -0.2) is 116 Å². The number of hydrogen-bond donors (Lipinski definition) is 3. The molecule has 3 aromatic carbocycles. The van der Waals surface area contributed by atoms with Gasteiger partial charge in [0.15, 0.2) is 11.4 Å². The van der Waals surface area contributed by atoms with Crippen molar-refractivity contribution >= 4 is 83.6 Å². The molecule has 4 N–H and O–H groups in total. The number of benzene rings is 3. The van der Waals surface area contributed by atoms with Gasteiger partial charge >= 0.3 is 18.1 Å². The molecule has 0 bridgehead atoms. The van der Waals surface area contributed by atoms with Crippen molar-refractivity contribution in [1.29, 1.82) is 5.26 Å². The van der Waals surface area contributed by atoms with Crippen LogP contribution in [0.5, 0.6) is 6.01 Å². The molecule has 3 saturated heterocycles. The fourth-order valence-corrected chi connectivity index (χ4v) is 15.0. The molecule has 84 heavy (non-hydrogen) atoms. The highest BCUT2D eigenvalue weighted by atomic mass is 35.5. The number of nitrogens with one attached hydrogen (secondary N) is 1. The zero-order valence-electron chi connectivity index (χ0n) is 46.1. The second kappa shape index (κ2) is 20.1. The molecule has 0 unspecified atom stereocenters. The summed E-state index contributed by atoms with van der Waals surface area (Å²) in [6.07, 6.45) is -0.642. The van der Waals surface area contributed by atoms with Crippen molar-refractivity contribution in [2.45, 2.75) is 115 Å². The van der Waals surface area contributed by atoms with E-state index in [0.29, 0.717) is 70.4 Å². The van der Waals surface area contributed by atoms with E-state index in [1.807, 2.05) is 17.9 Å². The van der Waals surface area contributed by atoms with Crippen LogP contribution in [0.15, 0.2) is 47.3 Å². The van der Waals surface area contributed by atoms with Crippen LogP contribution in [0.25, 0.3) is 54.4 Å². The number of alkyl carbamates (subject to hydrolysis) is 1. The molecule has 13 rings (SSSR count). The number of pyridine rings is 2. The van der Waals surface area contributed by atoms with Gasteiger partial charge in [0.05, 0.1) is 61.5 Å². The topological polar surface area (TPSA) is 231 Å². The third-order valence-corrected chi connectivity index (χ3v) is 19.5. The minimum atomic E-state index is -2.07. The molecule has 4 aromatic heterocycles. The van der Waals surface area contributed by atoms with Crippen LogP contribution < -0.4 is 26.2 Å². The number of aliphatic hydroxyl groups is 1. The lowest BCUT2D eigenvalue weighted by Gasteiger charge is -2.41. The van der Waals surface area contributed by atoms with E-state index in [9.17, 15) is 33.9 Å². The van der Waals surface area contributed by atoms with Crippen LogP contribution in [0.3, 0.4) is 0 Å². The molecule has 24 heteroatoms. The Morgan fingerprint density at radius 3 is 2.64 bits per heavy atom. The Bertz CT molecular complexity index is 4210. The van der Waals surface area contributed by atoms with E-state index < -0.39 is 76.5 Å². The number of hydrogen-bond acceptors (Lipinski definition) is 16. The molecule has 9 heterocycles. The number of nitrogens with two attached hydrogens (primary N) is 1. The third-order valence-electron chi connectivity index (χ3n) is 18.2. The molecular formula is C60H55ClF4N10O8S. The van der Waals surface area contributed by atoms with Crippen LogP contribution in [0.2, 0.25) is 5.02 Å². The van der Waals surface area contributed by atoms with E-state index in [1.165, 1.54) is 29.7 Å². The Hall–Kier alpha value is -7.91. The van der Waals surface area contributed by atoms with Gasteiger partial charge in [-0.15, -0.1) is 11.3 Å². The number of alkyl halides is 1. The zero-order valence-corrected chi connectivity index (χ0v) is 47.6. The number of ether oxygens (including phenoxy) is 3. The van der Waals surface area contributed by atoms with Crippen LogP contribution >= 0.6 is 22.9 Å². The normalized spacial score (nSPS) is 22.8. The molecule has 6 aliphatic rings. The molecule has 7 aromatic rings. The summed E-state index contributed by atoms with van der Waals surface area (Å²) in [5.74, 6) is -3.15. The van der Waals surface area contributed by atoms with Crippen molar-refractivity contribution in [3.05, 3.63) is 114 Å². The predicted molar refractivity (Wildman–Crippen MR) is 305 cm³/mol. The molecule has 0 spiro atoms. The van der Waals surface area contributed by atoms with Crippen molar-refractivity contribution in [3.63, 3.8) is 0 Å². The number of fused-ring (bicyclic) bond motifs is 8. The molecule has 0 saturated carbocycles. The monoisotopic (exact) mass is 1190 g/mol. The molecule has 3 fully saturated rings. The second-order valence-corrected chi connectivity index (χ2v) is 24.3. The maximum Gasteiger partial charge on any atom is 0.408 e. The lowest BCUT2D eigenvalue weighted by molar-refractivity contribution is -0.172. The van der Waals surface area contributed by atoms with Gasteiger partial charge in [-0.1, -0.05) is 31.2 Å². The maximum absolute atomic E-state index is 17.6. The lowest BCUT2D eigenvalue weighted by Crippen LogP contribution is -2.55. The van der Waals surface area contributed by atoms with E-state index in [-0.39, 0.29) is 135 Å². The quantitative estimate of drug-likeness (QED) is 0.0659. The van der Waals surface area contributed by atoms with E-state index in [0.717, 1.165) is 23.8 Å².